The maximum absolute atomic E-state index is 11.2. The first kappa shape index (κ1) is 27.7. The zero-order valence-electron chi connectivity index (χ0n) is 24.8. The van der Waals surface area contributed by atoms with Crippen LogP contribution in [0.3, 0.4) is 0 Å². The topological polar surface area (TPSA) is 49.5 Å². The van der Waals surface area contributed by atoms with Gasteiger partial charge in [0, 0.05) is 18.6 Å². The smallest absolute Gasteiger partial charge is 0.317 e. The lowest BCUT2D eigenvalue weighted by molar-refractivity contribution is -0.729. The van der Waals surface area contributed by atoms with Gasteiger partial charge in [-0.1, -0.05) is 65.5 Å². The predicted octanol–water partition coefficient (Wildman–Crippen LogP) is 9.58. The molecule has 38 heavy (non-hydrogen) atoms. The molecule has 4 aliphatic rings. The molecule has 4 aliphatic carbocycles. The number of allylic oxidation sites excluding steroid dienone is 1. The second-order valence-corrected chi connectivity index (χ2v) is 14.5. The molecule has 0 aliphatic heterocycles. The molecule has 0 spiro atoms. The standard InChI is InChI=1S/C34H52NO3/c1-22(2)8-7-9-23(3)29-13-14-30-28-12-10-25-21-27(38-32-15-11-26(35(36)37)20-24(32)4)16-18-33(25,5)31(28)17-19-34(29,30)6/h10-11,15,20,22-23,27-31H,7-9,12-14,16-19,21H2,1-6H3,(H,36,37)/q+1/t23-,27+,28+,29-,30+,31+,33+,34-/m1/s1. The van der Waals surface area contributed by atoms with Gasteiger partial charge in [-0.25, -0.2) is 5.21 Å². The van der Waals surface area contributed by atoms with Gasteiger partial charge in [0.2, 0.25) is 0 Å². The molecule has 0 saturated heterocycles. The van der Waals surface area contributed by atoms with Crippen LogP contribution in [0.5, 0.6) is 5.75 Å². The van der Waals surface area contributed by atoms with Crippen molar-refractivity contribution in [2.24, 2.45) is 46.3 Å². The van der Waals surface area contributed by atoms with Gasteiger partial charge in [-0.05, 0) is 110 Å². The maximum Gasteiger partial charge on any atom is 0.317 e. The lowest BCUT2D eigenvalue weighted by Crippen LogP contribution is -2.51. The quantitative estimate of drug-likeness (QED) is 0.273. The van der Waals surface area contributed by atoms with E-state index in [0.29, 0.717) is 10.8 Å². The number of ether oxygens (including phenoxy) is 1. The summed E-state index contributed by atoms with van der Waals surface area (Å²) in [6, 6.07) is 5.15. The van der Waals surface area contributed by atoms with E-state index in [-0.39, 0.29) is 16.7 Å². The highest BCUT2D eigenvalue weighted by atomic mass is 16.6. The van der Waals surface area contributed by atoms with Crippen molar-refractivity contribution in [3.63, 3.8) is 0 Å². The summed E-state index contributed by atoms with van der Waals surface area (Å²) in [7, 11) is 0. The Hall–Kier alpha value is -1.84. The second kappa shape index (κ2) is 10.6. The molecule has 0 amide bonds. The van der Waals surface area contributed by atoms with Crippen LogP contribution in [0, 0.1) is 58.2 Å². The minimum absolute atomic E-state index is 0.0820. The van der Waals surface area contributed by atoms with E-state index in [4.69, 9.17) is 4.74 Å². The van der Waals surface area contributed by atoms with E-state index in [1.165, 1.54) is 57.8 Å². The lowest BCUT2D eigenvalue weighted by Gasteiger charge is -2.58. The van der Waals surface area contributed by atoms with Crippen LogP contribution in [0.15, 0.2) is 29.8 Å². The average molecular weight is 523 g/mol. The third kappa shape index (κ3) is 4.94. The Morgan fingerprint density at radius 3 is 2.55 bits per heavy atom. The first-order valence-electron chi connectivity index (χ1n) is 15.7. The molecular weight excluding hydrogens is 470 g/mol. The molecule has 1 aromatic rings. The Labute approximate surface area is 231 Å². The number of benzene rings is 1. The largest absolute Gasteiger partial charge is 0.490 e. The van der Waals surface area contributed by atoms with Crippen LogP contribution in [-0.2, 0) is 0 Å². The van der Waals surface area contributed by atoms with Crippen molar-refractivity contribution in [2.75, 3.05) is 0 Å². The molecule has 1 N–H and O–H groups in total. The SMILES string of the molecule is Cc1cc([N+](=O)O)ccc1O[C@H]1CC[C@@]2(C)C(=CC[C@H]3[C@@H]4CC[C@H]([C@H](C)CCCC(C)C)[C@@]4(C)CC[C@@H]32)C1. The monoisotopic (exact) mass is 522 g/mol. The summed E-state index contributed by atoms with van der Waals surface area (Å²) in [4.78, 5) is 11.2. The van der Waals surface area contributed by atoms with Crippen LogP contribution < -0.4 is 4.74 Å². The van der Waals surface area contributed by atoms with Gasteiger partial charge >= 0.3 is 5.69 Å². The minimum atomic E-state index is -0.0820. The molecule has 0 aromatic heterocycles. The lowest BCUT2D eigenvalue weighted by atomic mass is 9.47. The maximum atomic E-state index is 11.2. The number of hydrogen-bond donors (Lipinski definition) is 1. The van der Waals surface area contributed by atoms with E-state index in [1.807, 2.05) is 13.0 Å². The van der Waals surface area contributed by atoms with Gasteiger partial charge in [0.05, 0.1) is 4.91 Å². The third-order valence-corrected chi connectivity index (χ3v) is 11.9. The fraction of sp³-hybridized carbons (Fsp3) is 0.765. The Bertz CT molecular complexity index is 1060. The van der Waals surface area contributed by atoms with Crippen LogP contribution in [-0.4, -0.2) is 16.2 Å². The normalized spacial score (nSPS) is 37.1. The summed E-state index contributed by atoms with van der Waals surface area (Å²) in [6.45, 7) is 14.5. The van der Waals surface area contributed by atoms with E-state index in [0.717, 1.165) is 59.7 Å². The molecule has 210 valence electrons. The molecule has 5 rings (SSSR count). The molecule has 3 saturated carbocycles. The first-order chi connectivity index (χ1) is 18.0. The number of aryl methyl sites for hydroxylation is 1. The van der Waals surface area contributed by atoms with Crippen molar-refractivity contribution >= 4 is 5.69 Å². The molecule has 3 fully saturated rings. The Kier molecular flexibility index (Phi) is 7.74. The van der Waals surface area contributed by atoms with Gasteiger partial charge in [-0.3, -0.25) is 0 Å². The van der Waals surface area contributed by atoms with Crippen LogP contribution >= 0.6 is 0 Å². The Balaban J connectivity index is 1.26. The first-order valence-corrected chi connectivity index (χ1v) is 15.7. The molecule has 4 heteroatoms. The summed E-state index contributed by atoms with van der Waals surface area (Å²) in [5.41, 5.74) is 3.65. The Morgan fingerprint density at radius 1 is 1.05 bits per heavy atom. The van der Waals surface area contributed by atoms with Crippen molar-refractivity contribution in [3.8, 4) is 5.75 Å². The van der Waals surface area contributed by atoms with E-state index in [1.54, 1.807) is 17.7 Å². The molecule has 0 radical (unpaired) electrons. The number of hydrogen-bond acceptors (Lipinski definition) is 2. The molecular formula is C34H52NO3+. The molecule has 4 nitrogen and oxygen atoms in total. The summed E-state index contributed by atoms with van der Waals surface area (Å²) in [5, 5.41) is 9.21. The fourth-order valence-corrected chi connectivity index (χ4v) is 9.82. The van der Waals surface area contributed by atoms with Gasteiger partial charge in [-0.15, -0.1) is 0 Å². The van der Waals surface area contributed by atoms with Crippen LogP contribution in [0.2, 0.25) is 0 Å². The molecule has 8 atom stereocenters. The van der Waals surface area contributed by atoms with Crippen LogP contribution in [0.1, 0.15) is 111 Å². The summed E-state index contributed by atoms with van der Waals surface area (Å²) in [5.74, 6) is 6.01. The van der Waals surface area contributed by atoms with Crippen molar-refractivity contribution in [1.29, 1.82) is 0 Å². The highest BCUT2D eigenvalue weighted by molar-refractivity contribution is 5.43. The molecule has 0 unspecified atom stereocenters. The molecule has 0 bridgehead atoms. The van der Waals surface area contributed by atoms with Crippen LogP contribution in [0.25, 0.3) is 0 Å². The summed E-state index contributed by atoms with van der Waals surface area (Å²) >= 11 is 0. The number of nitrogens with zero attached hydrogens (tertiary/aromatic N) is 1. The van der Waals surface area contributed by atoms with Gasteiger partial charge in [0.1, 0.15) is 11.9 Å². The highest BCUT2D eigenvalue weighted by Gasteiger charge is 2.59. The fourth-order valence-electron chi connectivity index (χ4n) is 9.82. The highest BCUT2D eigenvalue weighted by Crippen LogP contribution is 2.67. The third-order valence-electron chi connectivity index (χ3n) is 11.9. The van der Waals surface area contributed by atoms with E-state index >= 15 is 0 Å². The van der Waals surface area contributed by atoms with Crippen LogP contribution in [0.4, 0.5) is 5.69 Å². The molecule has 0 heterocycles. The van der Waals surface area contributed by atoms with Gasteiger partial charge in [0.25, 0.3) is 4.92 Å². The number of fused-ring (bicyclic) bond motifs is 5. The average Bonchev–Trinajstić information content (AvgIpc) is 3.22. The summed E-state index contributed by atoms with van der Waals surface area (Å²) in [6.07, 6.45) is 17.3. The van der Waals surface area contributed by atoms with Crippen molar-refractivity contribution in [3.05, 3.63) is 40.3 Å². The van der Waals surface area contributed by atoms with Crippen molar-refractivity contribution in [1.82, 2.24) is 0 Å². The van der Waals surface area contributed by atoms with Gasteiger partial charge in [-0.2, -0.15) is 0 Å². The molecule has 1 aromatic carbocycles. The zero-order valence-corrected chi connectivity index (χ0v) is 24.8. The summed E-state index contributed by atoms with van der Waals surface area (Å²) < 4.78 is 6.48. The van der Waals surface area contributed by atoms with Crippen molar-refractivity contribution < 1.29 is 14.9 Å². The minimum Gasteiger partial charge on any atom is -0.490 e. The second-order valence-electron chi connectivity index (χ2n) is 14.5. The van der Waals surface area contributed by atoms with Crippen molar-refractivity contribution in [2.45, 2.75) is 118 Å². The van der Waals surface area contributed by atoms with Gasteiger partial charge < -0.3 is 4.74 Å². The zero-order chi connectivity index (χ0) is 27.2. The van der Waals surface area contributed by atoms with Gasteiger partial charge in [0.15, 0.2) is 0 Å². The van der Waals surface area contributed by atoms with E-state index in [2.05, 4.69) is 40.7 Å². The predicted molar refractivity (Wildman–Crippen MR) is 154 cm³/mol. The van der Waals surface area contributed by atoms with E-state index in [9.17, 15) is 10.1 Å². The number of rotatable bonds is 8. The van der Waals surface area contributed by atoms with E-state index < -0.39 is 0 Å². The Morgan fingerprint density at radius 2 is 1.84 bits per heavy atom.